The Morgan fingerprint density at radius 1 is 0.947 bits per heavy atom. The third-order valence-electron chi connectivity index (χ3n) is 7.68. The minimum atomic E-state index is 0.185. The van der Waals surface area contributed by atoms with Crippen LogP contribution in [-0.2, 0) is 6.54 Å². The lowest BCUT2D eigenvalue weighted by Gasteiger charge is -2.32. The van der Waals surface area contributed by atoms with Gasteiger partial charge in [-0.3, -0.25) is 0 Å². The molecular formula is C34H34ClN2S+. The molecule has 0 unspecified atom stereocenters. The largest absolute Gasteiger partial charge is 0.332 e. The molecule has 1 aliphatic heterocycles. The Morgan fingerprint density at radius 3 is 2.55 bits per heavy atom. The lowest BCUT2D eigenvalue weighted by molar-refractivity contribution is -0.665. The van der Waals surface area contributed by atoms with Crippen LogP contribution >= 0.6 is 22.9 Å². The van der Waals surface area contributed by atoms with E-state index < -0.39 is 0 Å². The molecule has 0 saturated heterocycles. The van der Waals surface area contributed by atoms with Crippen molar-refractivity contribution in [1.82, 2.24) is 0 Å². The molecule has 4 heteroatoms. The van der Waals surface area contributed by atoms with Crippen LogP contribution in [0.15, 0.2) is 95.2 Å². The smallest absolute Gasteiger partial charge is 0.263 e. The first-order valence-electron chi connectivity index (χ1n) is 13.6. The highest BCUT2D eigenvalue weighted by Gasteiger charge is 2.28. The number of para-hydroxylation sites is 1. The maximum atomic E-state index is 6.74. The number of hydrogen-bond donors (Lipinski definition) is 0. The van der Waals surface area contributed by atoms with Gasteiger partial charge in [0, 0.05) is 35.3 Å². The highest BCUT2D eigenvalue weighted by Crippen LogP contribution is 2.43. The number of thiazole rings is 1. The Morgan fingerprint density at radius 2 is 1.74 bits per heavy atom. The Hall–Kier alpha value is -3.14. The molecule has 0 bridgehead atoms. The summed E-state index contributed by atoms with van der Waals surface area (Å²) in [5.74, 6) is 0. The fourth-order valence-electron chi connectivity index (χ4n) is 6.11. The molecule has 2 nitrogen and oxygen atoms in total. The predicted molar refractivity (Wildman–Crippen MR) is 166 cm³/mol. The van der Waals surface area contributed by atoms with Gasteiger partial charge in [-0.15, -0.1) is 0 Å². The normalized spacial score (nSPS) is 19.2. The summed E-state index contributed by atoms with van der Waals surface area (Å²) >= 11 is 8.65. The molecule has 4 aromatic rings. The van der Waals surface area contributed by atoms with Gasteiger partial charge in [-0.1, -0.05) is 91.4 Å². The van der Waals surface area contributed by atoms with Crippen molar-refractivity contribution in [2.75, 3.05) is 11.4 Å². The highest BCUT2D eigenvalue weighted by molar-refractivity contribution is 7.19. The van der Waals surface area contributed by atoms with E-state index in [1.807, 2.05) is 11.3 Å². The molecule has 0 saturated carbocycles. The van der Waals surface area contributed by atoms with Crippen molar-refractivity contribution in [2.24, 2.45) is 5.41 Å². The zero-order chi connectivity index (χ0) is 26.4. The van der Waals surface area contributed by atoms with E-state index >= 15 is 0 Å². The third kappa shape index (κ3) is 4.52. The Labute approximate surface area is 234 Å². The molecule has 2 aliphatic rings. The number of fused-ring (bicyclic) bond motifs is 4. The molecule has 192 valence electrons. The fourth-order valence-corrected chi connectivity index (χ4v) is 7.77. The number of aromatic nitrogens is 1. The maximum absolute atomic E-state index is 6.74. The van der Waals surface area contributed by atoms with Crippen molar-refractivity contribution in [1.29, 1.82) is 0 Å². The summed E-state index contributed by atoms with van der Waals surface area (Å²) in [7, 11) is 0. The summed E-state index contributed by atoms with van der Waals surface area (Å²) in [6.07, 6.45) is 11.4. The molecular weight excluding hydrogens is 504 g/mol. The average Bonchev–Trinajstić information content (AvgIpc) is 3.25. The van der Waals surface area contributed by atoms with E-state index in [0.717, 1.165) is 31.1 Å². The summed E-state index contributed by atoms with van der Waals surface area (Å²) in [4.78, 5) is 2.17. The van der Waals surface area contributed by atoms with Gasteiger partial charge in [0.1, 0.15) is 16.4 Å². The van der Waals surface area contributed by atoms with Gasteiger partial charge in [-0.25, -0.2) is 0 Å². The second-order valence-corrected chi connectivity index (χ2v) is 12.5. The molecule has 0 atom stereocenters. The number of allylic oxidation sites excluding steroid dienone is 6. The standard InChI is InChI=1S/C34H34ClN2S/c1-5-36-29-14-10-9-12-27(29)26(20-31(36)35)18-23-17-24(22-34(3,4)21-23)19-32-37(6-2)30-16-15-25-11-7-8-13-28(25)33(30)38-32/h7-20H,5-6,21-22H2,1-4H3/q+1. The predicted octanol–water partition coefficient (Wildman–Crippen LogP) is 9.50. The molecule has 38 heavy (non-hydrogen) atoms. The van der Waals surface area contributed by atoms with E-state index in [2.05, 4.69) is 122 Å². The Kier molecular flexibility index (Phi) is 6.53. The number of rotatable bonds is 4. The minimum absolute atomic E-state index is 0.185. The van der Waals surface area contributed by atoms with Gasteiger partial charge in [0.15, 0.2) is 0 Å². The monoisotopic (exact) mass is 537 g/mol. The minimum Gasteiger partial charge on any atom is -0.332 e. The molecule has 0 spiro atoms. The van der Waals surface area contributed by atoms with Crippen LogP contribution in [0.4, 0.5) is 5.69 Å². The van der Waals surface area contributed by atoms with Crippen molar-refractivity contribution in [3.63, 3.8) is 0 Å². The van der Waals surface area contributed by atoms with E-state index in [9.17, 15) is 0 Å². The van der Waals surface area contributed by atoms with Crippen molar-refractivity contribution < 1.29 is 4.57 Å². The van der Waals surface area contributed by atoms with E-state index in [0.29, 0.717) is 0 Å². The number of hydrogen-bond acceptors (Lipinski definition) is 2. The van der Waals surface area contributed by atoms with Gasteiger partial charge >= 0.3 is 0 Å². The number of aryl methyl sites for hydroxylation is 1. The van der Waals surface area contributed by atoms with E-state index in [1.165, 1.54) is 54.0 Å². The van der Waals surface area contributed by atoms with Gasteiger partial charge in [-0.05, 0) is 72.4 Å². The summed E-state index contributed by atoms with van der Waals surface area (Å²) < 4.78 is 3.84. The number of benzene rings is 3. The summed E-state index contributed by atoms with van der Waals surface area (Å²) in [6.45, 7) is 11.0. The second kappa shape index (κ2) is 9.87. The van der Waals surface area contributed by atoms with Gasteiger partial charge < -0.3 is 4.90 Å². The zero-order valence-electron chi connectivity index (χ0n) is 22.6. The maximum Gasteiger partial charge on any atom is 0.263 e. The third-order valence-corrected chi connectivity index (χ3v) is 9.17. The summed E-state index contributed by atoms with van der Waals surface area (Å²) in [5.41, 5.74) is 7.87. The van der Waals surface area contributed by atoms with E-state index in [1.54, 1.807) is 0 Å². The molecule has 6 rings (SSSR count). The molecule has 0 radical (unpaired) electrons. The van der Waals surface area contributed by atoms with Gasteiger partial charge in [0.25, 0.3) is 5.01 Å². The Bertz CT molecular complexity index is 1680. The van der Waals surface area contributed by atoms with Crippen molar-refractivity contribution in [3.05, 3.63) is 106 Å². The molecule has 0 amide bonds. The highest BCUT2D eigenvalue weighted by atomic mass is 35.5. The van der Waals surface area contributed by atoms with Gasteiger partial charge in [0.05, 0.1) is 0 Å². The van der Waals surface area contributed by atoms with Crippen LogP contribution in [0.5, 0.6) is 0 Å². The van der Waals surface area contributed by atoms with Crippen LogP contribution in [0.3, 0.4) is 0 Å². The van der Waals surface area contributed by atoms with Crippen LogP contribution in [0.2, 0.25) is 0 Å². The molecule has 1 aromatic heterocycles. The quantitative estimate of drug-likeness (QED) is 0.186. The number of halogens is 1. The van der Waals surface area contributed by atoms with Crippen LogP contribution in [0, 0.1) is 5.41 Å². The summed E-state index contributed by atoms with van der Waals surface area (Å²) in [6, 6.07) is 21.8. The first-order valence-corrected chi connectivity index (χ1v) is 14.8. The molecule has 2 heterocycles. The summed E-state index contributed by atoms with van der Waals surface area (Å²) in [5, 5.41) is 4.75. The lowest BCUT2D eigenvalue weighted by atomic mass is 9.74. The van der Waals surface area contributed by atoms with Crippen LogP contribution in [-0.4, -0.2) is 6.54 Å². The first kappa shape index (κ1) is 25.2. The second-order valence-electron chi connectivity index (χ2n) is 11.1. The molecule has 1 aliphatic carbocycles. The molecule has 3 aromatic carbocycles. The number of anilines is 1. The van der Waals surface area contributed by atoms with E-state index in [-0.39, 0.29) is 5.41 Å². The topological polar surface area (TPSA) is 7.12 Å². The molecule has 0 N–H and O–H groups in total. The zero-order valence-corrected chi connectivity index (χ0v) is 24.2. The molecule has 0 fully saturated rings. The van der Waals surface area contributed by atoms with E-state index in [4.69, 9.17) is 11.6 Å². The van der Waals surface area contributed by atoms with Gasteiger partial charge in [-0.2, -0.15) is 4.57 Å². The van der Waals surface area contributed by atoms with Gasteiger partial charge in [0.2, 0.25) is 5.52 Å². The fraction of sp³-hybridized carbons (Fsp3) is 0.265. The number of nitrogens with zero attached hydrogens (tertiary/aromatic N) is 2. The van der Waals surface area contributed by atoms with Crippen molar-refractivity contribution >= 4 is 61.3 Å². The average molecular weight is 538 g/mol. The van der Waals surface area contributed by atoms with Crippen LogP contribution in [0.1, 0.15) is 51.1 Å². The SMILES string of the molecule is CCN1C(Cl)=C/C(=C\C2=CC(=C/c3sc4c5ccccc5ccc4[n+]3CC)/CC(C)(C)C2)c2ccccc21. The van der Waals surface area contributed by atoms with Crippen LogP contribution in [0.25, 0.3) is 32.6 Å². The van der Waals surface area contributed by atoms with Crippen molar-refractivity contribution in [3.8, 4) is 0 Å². The lowest BCUT2D eigenvalue weighted by Crippen LogP contribution is -2.33. The van der Waals surface area contributed by atoms with Crippen LogP contribution < -0.4 is 9.47 Å². The first-order chi connectivity index (χ1) is 18.4. The Balaban J connectivity index is 1.46. The van der Waals surface area contributed by atoms with Crippen molar-refractivity contribution in [2.45, 2.75) is 47.1 Å².